The molecule has 0 aliphatic heterocycles. The van der Waals surface area contributed by atoms with Crippen molar-refractivity contribution in [2.24, 2.45) is 0 Å². The van der Waals surface area contributed by atoms with Gasteiger partial charge in [0.1, 0.15) is 5.75 Å². The predicted molar refractivity (Wildman–Crippen MR) is 101 cm³/mol. The monoisotopic (exact) mass is 371 g/mol. The minimum Gasteiger partial charge on any atom is -0.496 e. The number of carbonyl (C=O) groups excluding carboxylic acids is 1. The molecule has 1 amide bonds. The largest absolute Gasteiger partial charge is 0.496 e. The van der Waals surface area contributed by atoms with E-state index in [2.05, 4.69) is 28.3 Å². The van der Waals surface area contributed by atoms with E-state index in [1.54, 1.807) is 49.6 Å². The lowest BCUT2D eigenvalue weighted by molar-refractivity contribution is 0.102. The molecule has 128 valence electrons. The Labute approximate surface area is 154 Å². The molecule has 0 fully saturated rings. The summed E-state index contributed by atoms with van der Waals surface area (Å²) in [5, 5.41) is 3.39. The molecule has 0 radical (unpaired) electrons. The van der Waals surface area contributed by atoms with Crippen LogP contribution in [0.15, 0.2) is 52.0 Å². The molecule has 1 N–H and O–H groups in total. The van der Waals surface area contributed by atoms with E-state index >= 15 is 0 Å². The molecule has 0 atom stereocenters. The summed E-state index contributed by atoms with van der Waals surface area (Å²) in [4.78, 5) is 21.5. The Morgan fingerprint density at radius 3 is 2.68 bits per heavy atom. The fourth-order valence-corrected chi connectivity index (χ4v) is 4.23. The van der Waals surface area contributed by atoms with E-state index < -0.39 is 0 Å². The van der Waals surface area contributed by atoms with Crippen LogP contribution in [0.5, 0.6) is 5.75 Å². The van der Waals surface area contributed by atoms with Crippen molar-refractivity contribution < 1.29 is 9.53 Å². The first-order chi connectivity index (χ1) is 12.1. The van der Waals surface area contributed by atoms with Gasteiger partial charge in [0.15, 0.2) is 5.13 Å². The number of nitrogens with zero attached hydrogens (tertiary/aromatic N) is 2. The van der Waals surface area contributed by atoms with Gasteiger partial charge in [-0.2, -0.15) is 0 Å². The number of methoxy groups -OCH3 is 1. The van der Waals surface area contributed by atoms with Gasteiger partial charge in [-0.05, 0) is 49.2 Å². The van der Waals surface area contributed by atoms with Crippen molar-refractivity contribution in [3.05, 3.63) is 59.5 Å². The number of carbonyl (C=O) groups is 1. The summed E-state index contributed by atoms with van der Waals surface area (Å²) in [6.45, 7) is 4.08. The van der Waals surface area contributed by atoms with E-state index in [1.165, 1.54) is 11.3 Å². The summed E-state index contributed by atoms with van der Waals surface area (Å²) >= 11 is 3.08. The number of aromatic nitrogens is 2. The fraction of sp³-hybridized carbons (Fsp3) is 0.167. The number of benzene rings is 1. The topological polar surface area (TPSA) is 64.1 Å². The molecule has 0 bridgehead atoms. The lowest BCUT2D eigenvalue weighted by atomic mass is 10.1. The standard InChI is InChI=1S/C18H17N3O2S2/c1-11-9-15(12(2)8-14(11)23-3)24-16-10-20-18(25-16)21-17(22)13-4-6-19-7-5-13/h4-10H,1-3H3,(H,20,21,22). The van der Waals surface area contributed by atoms with Gasteiger partial charge in [0, 0.05) is 22.9 Å². The molecule has 25 heavy (non-hydrogen) atoms. The van der Waals surface area contributed by atoms with Crippen molar-refractivity contribution >= 4 is 34.1 Å². The molecule has 1 aromatic carbocycles. The maximum absolute atomic E-state index is 12.2. The summed E-state index contributed by atoms with van der Waals surface area (Å²) in [5.74, 6) is 0.696. The second-order valence-electron chi connectivity index (χ2n) is 5.36. The molecular weight excluding hydrogens is 354 g/mol. The number of amides is 1. The number of pyridine rings is 1. The van der Waals surface area contributed by atoms with Crippen LogP contribution < -0.4 is 10.1 Å². The van der Waals surface area contributed by atoms with Crippen LogP contribution in [-0.2, 0) is 0 Å². The van der Waals surface area contributed by atoms with Crippen molar-refractivity contribution in [3.8, 4) is 5.75 Å². The zero-order chi connectivity index (χ0) is 17.8. The minimum atomic E-state index is -0.190. The molecule has 0 aliphatic rings. The van der Waals surface area contributed by atoms with Crippen molar-refractivity contribution in [1.29, 1.82) is 0 Å². The fourth-order valence-electron chi connectivity index (χ4n) is 2.24. The number of ether oxygens (including phenoxy) is 1. The quantitative estimate of drug-likeness (QED) is 0.712. The predicted octanol–water partition coefficient (Wildman–Crippen LogP) is 4.57. The SMILES string of the molecule is COc1cc(C)c(Sc2cnc(NC(=O)c3ccncc3)s2)cc1C. The third kappa shape index (κ3) is 4.18. The highest BCUT2D eigenvalue weighted by molar-refractivity contribution is 8.01. The molecule has 0 saturated heterocycles. The van der Waals surface area contributed by atoms with Crippen LogP contribution in [0, 0.1) is 13.8 Å². The molecule has 0 unspecified atom stereocenters. The van der Waals surface area contributed by atoms with Gasteiger partial charge in [-0.25, -0.2) is 4.98 Å². The van der Waals surface area contributed by atoms with Gasteiger partial charge < -0.3 is 4.74 Å². The molecular formula is C18H17N3O2S2. The van der Waals surface area contributed by atoms with Crippen molar-refractivity contribution in [2.45, 2.75) is 23.0 Å². The first-order valence-electron chi connectivity index (χ1n) is 7.57. The average molecular weight is 371 g/mol. The lowest BCUT2D eigenvalue weighted by Gasteiger charge is -2.09. The number of thiazole rings is 1. The second kappa shape index (κ2) is 7.67. The van der Waals surface area contributed by atoms with Gasteiger partial charge in [0.25, 0.3) is 5.91 Å². The molecule has 0 aliphatic carbocycles. The van der Waals surface area contributed by atoms with Crippen LogP contribution in [0.2, 0.25) is 0 Å². The normalized spacial score (nSPS) is 10.5. The van der Waals surface area contributed by atoms with E-state index in [-0.39, 0.29) is 5.91 Å². The number of aryl methyl sites for hydroxylation is 2. The van der Waals surface area contributed by atoms with Gasteiger partial charge in [0.05, 0.1) is 17.5 Å². The van der Waals surface area contributed by atoms with E-state index in [0.29, 0.717) is 10.7 Å². The molecule has 2 heterocycles. The third-order valence-corrected chi connectivity index (χ3v) is 5.72. The minimum absolute atomic E-state index is 0.190. The first-order valence-corrected chi connectivity index (χ1v) is 9.20. The number of nitrogens with one attached hydrogen (secondary N) is 1. The van der Waals surface area contributed by atoms with Crippen LogP contribution in [0.25, 0.3) is 0 Å². The van der Waals surface area contributed by atoms with E-state index in [9.17, 15) is 4.79 Å². The van der Waals surface area contributed by atoms with Crippen molar-refractivity contribution in [2.75, 3.05) is 12.4 Å². The Balaban J connectivity index is 1.72. The molecule has 0 spiro atoms. The summed E-state index contributed by atoms with van der Waals surface area (Å²) in [6.07, 6.45) is 4.95. The van der Waals surface area contributed by atoms with Crippen molar-refractivity contribution in [1.82, 2.24) is 9.97 Å². The molecule has 2 aromatic heterocycles. The number of anilines is 1. The van der Waals surface area contributed by atoms with E-state index in [4.69, 9.17) is 4.74 Å². The van der Waals surface area contributed by atoms with Crippen LogP contribution in [0.1, 0.15) is 21.5 Å². The Morgan fingerprint density at radius 1 is 1.20 bits per heavy atom. The van der Waals surface area contributed by atoms with E-state index in [0.717, 1.165) is 26.0 Å². The Morgan fingerprint density at radius 2 is 1.96 bits per heavy atom. The Hall–Kier alpha value is -2.38. The van der Waals surface area contributed by atoms with Crippen molar-refractivity contribution in [3.63, 3.8) is 0 Å². The lowest BCUT2D eigenvalue weighted by Crippen LogP contribution is -2.11. The number of rotatable bonds is 5. The maximum Gasteiger partial charge on any atom is 0.257 e. The highest BCUT2D eigenvalue weighted by Crippen LogP contribution is 2.37. The van der Waals surface area contributed by atoms with Gasteiger partial charge in [-0.3, -0.25) is 15.1 Å². The molecule has 5 nitrogen and oxygen atoms in total. The number of hydrogen-bond acceptors (Lipinski definition) is 6. The van der Waals surface area contributed by atoms with Gasteiger partial charge in [-0.1, -0.05) is 23.1 Å². The highest BCUT2D eigenvalue weighted by atomic mass is 32.2. The highest BCUT2D eigenvalue weighted by Gasteiger charge is 2.11. The van der Waals surface area contributed by atoms with Crippen LogP contribution in [0.4, 0.5) is 5.13 Å². The molecule has 3 rings (SSSR count). The molecule has 7 heteroatoms. The van der Waals surface area contributed by atoms with Gasteiger partial charge in [-0.15, -0.1) is 0 Å². The van der Waals surface area contributed by atoms with Crippen LogP contribution >= 0.6 is 23.1 Å². The zero-order valence-corrected chi connectivity index (χ0v) is 15.7. The Kier molecular flexibility index (Phi) is 5.35. The third-order valence-electron chi connectivity index (χ3n) is 3.55. The zero-order valence-electron chi connectivity index (χ0n) is 14.1. The maximum atomic E-state index is 12.2. The smallest absolute Gasteiger partial charge is 0.257 e. The second-order valence-corrected chi connectivity index (χ2v) is 7.74. The summed E-state index contributed by atoms with van der Waals surface area (Å²) in [5.41, 5.74) is 2.79. The first kappa shape index (κ1) is 17.4. The van der Waals surface area contributed by atoms with Gasteiger partial charge in [0.2, 0.25) is 0 Å². The van der Waals surface area contributed by atoms with Crippen LogP contribution in [0.3, 0.4) is 0 Å². The number of hydrogen-bond donors (Lipinski definition) is 1. The molecule has 3 aromatic rings. The van der Waals surface area contributed by atoms with Gasteiger partial charge >= 0.3 is 0 Å². The average Bonchev–Trinajstić information content (AvgIpc) is 3.05. The summed E-state index contributed by atoms with van der Waals surface area (Å²) < 4.78 is 6.36. The summed E-state index contributed by atoms with van der Waals surface area (Å²) in [6, 6.07) is 7.47. The molecule has 0 saturated carbocycles. The van der Waals surface area contributed by atoms with E-state index in [1.807, 2.05) is 13.0 Å². The summed E-state index contributed by atoms with van der Waals surface area (Å²) in [7, 11) is 1.68. The Bertz CT molecular complexity index is 895. The van der Waals surface area contributed by atoms with Crippen LogP contribution in [-0.4, -0.2) is 23.0 Å².